The minimum Gasteiger partial charge on any atom is -0.103 e. The van der Waals surface area contributed by atoms with Gasteiger partial charge in [0, 0.05) is 0 Å². The molecular weight excluding hydrogens is 417 g/mol. The zero-order valence-corrected chi connectivity index (χ0v) is 23.3. The Balaban J connectivity index is 1.66. The van der Waals surface area contributed by atoms with Gasteiger partial charge in [-0.3, -0.25) is 0 Å². The molecule has 2 rings (SSSR count). The van der Waals surface area contributed by atoms with E-state index in [0.29, 0.717) is 0 Å². The molecule has 0 heterocycles. The fourth-order valence-corrected chi connectivity index (χ4v) is 9.79. The van der Waals surface area contributed by atoms with Gasteiger partial charge in [0.15, 0.2) is 0 Å². The monoisotopic (exact) mass is 462 g/mol. The highest BCUT2D eigenvalue weighted by atomic mass is 28.3. The summed E-state index contributed by atoms with van der Waals surface area (Å²) in [6.07, 6.45) is 14.4. The van der Waals surface area contributed by atoms with E-state index in [-0.39, 0.29) is 0 Å². The molecule has 0 N–H and O–H groups in total. The molecule has 0 radical (unpaired) electrons. The second-order valence-electron chi connectivity index (χ2n) is 10.8. The minimum atomic E-state index is -1.32. The van der Waals surface area contributed by atoms with Crippen molar-refractivity contribution in [2.45, 2.75) is 89.6 Å². The van der Waals surface area contributed by atoms with E-state index in [1.54, 1.807) is 10.4 Å². The van der Waals surface area contributed by atoms with Gasteiger partial charge in [-0.05, 0) is 24.0 Å². The van der Waals surface area contributed by atoms with Crippen LogP contribution >= 0.6 is 0 Å². The van der Waals surface area contributed by atoms with Crippen LogP contribution in [0.5, 0.6) is 0 Å². The first-order valence-electron chi connectivity index (χ1n) is 12.7. The third-order valence-electron chi connectivity index (χ3n) is 7.03. The van der Waals surface area contributed by atoms with E-state index in [9.17, 15) is 0 Å². The lowest BCUT2D eigenvalue weighted by Crippen LogP contribution is -2.41. The van der Waals surface area contributed by atoms with Crippen molar-refractivity contribution in [2.75, 3.05) is 0 Å². The Labute approximate surface area is 200 Å². The second-order valence-corrected chi connectivity index (χ2v) is 20.5. The van der Waals surface area contributed by atoms with Gasteiger partial charge in [-0.2, -0.15) is 0 Å². The van der Waals surface area contributed by atoms with Crippen LogP contribution in [-0.2, 0) is 12.8 Å². The van der Waals surface area contributed by atoms with Gasteiger partial charge in [0.05, 0.1) is 16.1 Å². The van der Waals surface area contributed by atoms with Crippen molar-refractivity contribution in [1.82, 2.24) is 0 Å². The minimum absolute atomic E-state index is 0.984. The molecule has 174 valence electrons. The maximum atomic E-state index is 3.89. The molecule has 2 aromatic rings. The molecular formula is C30H46Si2. The van der Waals surface area contributed by atoms with Crippen molar-refractivity contribution in [1.29, 1.82) is 0 Å². The van der Waals surface area contributed by atoms with Crippen LogP contribution in [0.1, 0.15) is 49.7 Å². The Morgan fingerprint density at radius 2 is 0.969 bits per heavy atom. The summed E-state index contributed by atoms with van der Waals surface area (Å²) in [6, 6.07) is 21.4. The lowest BCUT2D eigenvalue weighted by atomic mass is 10.1. The average molecular weight is 463 g/mol. The first-order chi connectivity index (χ1) is 15.3. The van der Waals surface area contributed by atoms with Crippen LogP contribution in [0, 0.1) is 0 Å². The molecule has 0 saturated carbocycles. The Morgan fingerprint density at radius 3 is 1.34 bits per heavy atom. The first kappa shape index (κ1) is 26.6. The topological polar surface area (TPSA) is 0 Å². The number of benzene rings is 2. The Kier molecular flexibility index (Phi) is 10.9. The highest BCUT2D eigenvalue weighted by Crippen LogP contribution is 2.20. The molecule has 0 aliphatic rings. The van der Waals surface area contributed by atoms with Crippen LogP contribution < -0.4 is 10.4 Å². The standard InChI is InChI=1S/C30H46Si2/c1-7-17-27-19-15-21-29(25-27)31(3,4)23-13-11-9-10-12-14-24-32(5,6)30-22-16-20-28(26-30)18-8-2/h7-8,15-16,19-22,25-26H,1-2,9-14,17-18,23-24H2,3-6H3. The summed E-state index contributed by atoms with van der Waals surface area (Å²) in [6.45, 7) is 17.9. The van der Waals surface area contributed by atoms with Gasteiger partial charge in [0.2, 0.25) is 0 Å². The maximum Gasteiger partial charge on any atom is 0.0806 e. The fourth-order valence-electron chi connectivity index (χ4n) is 4.70. The highest BCUT2D eigenvalue weighted by Gasteiger charge is 2.24. The molecule has 2 aromatic carbocycles. The van der Waals surface area contributed by atoms with E-state index in [4.69, 9.17) is 0 Å². The van der Waals surface area contributed by atoms with Gasteiger partial charge >= 0.3 is 0 Å². The average Bonchev–Trinajstić information content (AvgIpc) is 2.76. The van der Waals surface area contributed by atoms with E-state index >= 15 is 0 Å². The number of hydrogen-bond donors (Lipinski definition) is 0. The van der Waals surface area contributed by atoms with Gasteiger partial charge in [0.1, 0.15) is 0 Å². The van der Waals surface area contributed by atoms with Crippen molar-refractivity contribution in [3.05, 3.63) is 85.0 Å². The quantitative estimate of drug-likeness (QED) is 0.143. The Hall–Kier alpha value is -1.65. The predicted octanol–water partition coefficient (Wildman–Crippen LogP) is 8.02. The molecule has 0 spiro atoms. The Morgan fingerprint density at radius 1 is 0.594 bits per heavy atom. The third kappa shape index (κ3) is 8.71. The summed E-state index contributed by atoms with van der Waals surface area (Å²) in [5, 5.41) is 3.22. The molecule has 0 saturated heterocycles. The smallest absolute Gasteiger partial charge is 0.0806 e. The molecule has 0 bridgehead atoms. The molecule has 0 aliphatic heterocycles. The maximum absolute atomic E-state index is 3.89. The normalized spacial score (nSPS) is 12.0. The lowest BCUT2D eigenvalue weighted by Gasteiger charge is -2.24. The molecule has 0 unspecified atom stereocenters. The van der Waals surface area contributed by atoms with Crippen LogP contribution in [-0.4, -0.2) is 16.1 Å². The van der Waals surface area contributed by atoms with E-state index in [1.165, 1.54) is 61.7 Å². The van der Waals surface area contributed by atoms with Crippen molar-refractivity contribution >= 4 is 26.5 Å². The van der Waals surface area contributed by atoms with Gasteiger partial charge in [-0.25, -0.2) is 0 Å². The van der Waals surface area contributed by atoms with Crippen molar-refractivity contribution in [2.24, 2.45) is 0 Å². The molecule has 0 fully saturated rings. The van der Waals surface area contributed by atoms with E-state index in [2.05, 4.69) is 87.9 Å². The van der Waals surface area contributed by atoms with Gasteiger partial charge in [0.25, 0.3) is 0 Å². The third-order valence-corrected chi connectivity index (χ3v) is 14.0. The van der Waals surface area contributed by atoms with Crippen molar-refractivity contribution in [3.63, 3.8) is 0 Å². The number of unbranched alkanes of at least 4 members (excludes halogenated alkanes) is 5. The highest BCUT2D eigenvalue weighted by molar-refractivity contribution is 6.90. The van der Waals surface area contributed by atoms with Gasteiger partial charge in [-0.1, -0.05) is 148 Å². The SMILES string of the molecule is C=CCc1cccc([Si](C)(C)CCCCCCCC[Si](C)(C)c2cccc(CC=C)c2)c1. The summed E-state index contributed by atoms with van der Waals surface area (Å²) >= 11 is 0. The summed E-state index contributed by atoms with van der Waals surface area (Å²) in [5.41, 5.74) is 2.83. The van der Waals surface area contributed by atoms with E-state index < -0.39 is 16.1 Å². The number of rotatable bonds is 15. The van der Waals surface area contributed by atoms with Gasteiger partial charge < -0.3 is 0 Å². The summed E-state index contributed by atoms with van der Waals surface area (Å²) in [4.78, 5) is 0. The van der Waals surface area contributed by atoms with Gasteiger partial charge in [-0.15, -0.1) is 13.2 Å². The number of hydrogen-bond acceptors (Lipinski definition) is 0. The van der Waals surface area contributed by atoms with Crippen LogP contribution in [0.2, 0.25) is 38.3 Å². The van der Waals surface area contributed by atoms with Crippen LogP contribution in [0.3, 0.4) is 0 Å². The van der Waals surface area contributed by atoms with Crippen molar-refractivity contribution in [3.8, 4) is 0 Å². The predicted molar refractivity (Wildman–Crippen MR) is 152 cm³/mol. The zero-order valence-electron chi connectivity index (χ0n) is 21.3. The largest absolute Gasteiger partial charge is 0.103 e. The summed E-state index contributed by atoms with van der Waals surface area (Å²) < 4.78 is 0. The number of allylic oxidation sites excluding steroid dienone is 2. The summed E-state index contributed by atoms with van der Waals surface area (Å²) in [7, 11) is -2.65. The van der Waals surface area contributed by atoms with Crippen molar-refractivity contribution < 1.29 is 0 Å². The molecule has 0 amide bonds. The van der Waals surface area contributed by atoms with E-state index in [1.807, 2.05) is 12.2 Å². The lowest BCUT2D eigenvalue weighted by molar-refractivity contribution is 0.621. The molecule has 0 aromatic heterocycles. The molecule has 0 atom stereocenters. The van der Waals surface area contributed by atoms with E-state index in [0.717, 1.165) is 12.8 Å². The molecule has 0 aliphatic carbocycles. The second kappa shape index (κ2) is 13.2. The molecule has 32 heavy (non-hydrogen) atoms. The van der Waals surface area contributed by atoms with Crippen LogP contribution in [0.15, 0.2) is 73.8 Å². The zero-order chi connectivity index (χ0) is 23.5. The summed E-state index contributed by atoms with van der Waals surface area (Å²) in [5.74, 6) is 0. The van der Waals surface area contributed by atoms with Crippen LogP contribution in [0.4, 0.5) is 0 Å². The van der Waals surface area contributed by atoms with Crippen LogP contribution in [0.25, 0.3) is 0 Å². The Bertz CT molecular complexity index is 776. The molecule has 2 heteroatoms. The fraction of sp³-hybridized carbons (Fsp3) is 0.467. The molecule has 0 nitrogen and oxygen atoms in total. The first-order valence-corrected chi connectivity index (χ1v) is 19.1.